The molecule has 2 aromatic heterocycles. The quantitative estimate of drug-likeness (QED) is 0.511. The number of ether oxygens (including phenoxy) is 1. The molecule has 7 heteroatoms. The number of aromatic nitrogens is 1. The Bertz CT molecular complexity index is 1130. The van der Waals surface area contributed by atoms with Crippen LogP contribution in [0.2, 0.25) is 0 Å². The largest absolute Gasteiger partial charge is 0.481 e. The smallest absolute Gasteiger partial charge is 0.340 e. The first-order chi connectivity index (χ1) is 13.4. The molecule has 3 aromatic rings. The molecule has 146 valence electrons. The SMILES string of the molecule is CCOC(=O)c1cc2c(=O)c3cc(CC)ccc3oc2nc1C(CC)C(=O)O. The van der Waals surface area contributed by atoms with Gasteiger partial charge in [-0.15, -0.1) is 0 Å². The zero-order valence-electron chi connectivity index (χ0n) is 15.9. The number of hydrogen-bond acceptors (Lipinski definition) is 6. The van der Waals surface area contributed by atoms with E-state index in [1.54, 1.807) is 26.0 Å². The Morgan fingerprint density at radius 2 is 1.93 bits per heavy atom. The van der Waals surface area contributed by atoms with E-state index < -0.39 is 17.9 Å². The van der Waals surface area contributed by atoms with Crippen LogP contribution >= 0.6 is 0 Å². The molecule has 0 aliphatic rings. The number of aryl methyl sites for hydroxylation is 1. The number of carbonyl (C=O) groups excluding carboxylic acids is 1. The third-order valence-electron chi connectivity index (χ3n) is 4.70. The maximum atomic E-state index is 13.0. The normalized spacial score (nSPS) is 12.2. The molecule has 3 rings (SSSR count). The molecule has 2 heterocycles. The summed E-state index contributed by atoms with van der Waals surface area (Å²) in [5, 5.41) is 10.0. The molecule has 0 spiro atoms. The van der Waals surface area contributed by atoms with E-state index in [-0.39, 0.29) is 40.8 Å². The van der Waals surface area contributed by atoms with Gasteiger partial charge in [-0.25, -0.2) is 9.78 Å². The molecule has 0 saturated carbocycles. The number of fused-ring (bicyclic) bond motifs is 2. The van der Waals surface area contributed by atoms with Crippen LogP contribution in [0.5, 0.6) is 0 Å². The molecule has 1 N–H and O–H groups in total. The van der Waals surface area contributed by atoms with Crippen molar-refractivity contribution in [2.24, 2.45) is 0 Å². The number of hydrogen-bond donors (Lipinski definition) is 1. The first-order valence-electron chi connectivity index (χ1n) is 9.21. The third-order valence-corrected chi connectivity index (χ3v) is 4.70. The van der Waals surface area contributed by atoms with Gasteiger partial charge in [0.05, 0.1) is 34.6 Å². The van der Waals surface area contributed by atoms with Crippen LogP contribution in [0.4, 0.5) is 0 Å². The first kappa shape index (κ1) is 19.5. The summed E-state index contributed by atoms with van der Waals surface area (Å²) in [5.41, 5.74) is 1.03. The highest BCUT2D eigenvalue weighted by atomic mass is 16.5. The monoisotopic (exact) mass is 383 g/mol. The molecular formula is C21H21NO6. The predicted molar refractivity (Wildman–Crippen MR) is 104 cm³/mol. The van der Waals surface area contributed by atoms with Crippen molar-refractivity contribution < 1.29 is 23.8 Å². The van der Waals surface area contributed by atoms with Crippen molar-refractivity contribution in [3.8, 4) is 0 Å². The van der Waals surface area contributed by atoms with Crippen molar-refractivity contribution in [2.75, 3.05) is 6.61 Å². The van der Waals surface area contributed by atoms with Crippen LogP contribution in [0.15, 0.2) is 33.5 Å². The van der Waals surface area contributed by atoms with Gasteiger partial charge in [-0.2, -0.15) is 0 Å². The Balaban J connectivity index is 2.37. The molecule has 7 nitrogen and oxygen atoms in total. The Hall–Kier alpha value is -3.22. The summed E-state index contributed by atoms with van der Waals surface area (Å²) < 4.78 is 10.8. The van der Waals surface area contributed by atoms with Crippen LogP contribution in [0, 0.1) is 0 Å². The fourth-order valence-corrected chi connectivity index (χ4v) is 3.19. The van der Waals surface area contributed by atoms with E-state index in [1.807, 2.05) is 13.0 Å². The Kier molecular flexibility index (Phi) is 5.44. The highest BCUT2D eigenvalue weighted by Gasteiger charge is 2.28. The van der Waals surface area contributed by atoms with Crippen molar-refractivity contribution in [3.63, 3.8) is 0 Å². The van der Waals surface area contributed by atoms with Crippen LogP contribution in [0.1, 0.15) is 54.7 Å². The van der Waals surface area contributed by atoms with Gasteiger partial charge in [-0.05, 0) is 43.5 Å². The van der Waals surface area contributed by atoms with Gasteiger partial charge in [0, 0.05) is 0 Å². The van der Waals surface area contributed by atoms with Gasteiger partial charge in [-0.3, -0.25) is 9.59 Å². The topological polar surface area (TPSA) is 107 Å². The van der Waals surface area contributed by atoms with Crippen molar-refractivity contribution in [3.05, 3.63) is 51.3 Å². The molecule has 0 bridgehead atoms. The standard InChI is InChI=1S/C21H21NO6/c1-4-11-7-8-16-13(9-11)18(23)15-10-14(21(26)27-6-3)17(22-19(15)28-16)12(5-2)20(24)25/h7-10,12H,4-6H2,1-3H3,(H,24,25). The molecule has 1 aromatic carbocycles. The van der Waals surface area contributed by atoms with Gasteiger partial charge in [0.25, 0.3) is 0 Å². The molecular weight excluding hydrogens is 362 g/mol. The lowest BCUT2D eigenvalue weighted by Crippen LogP contribution is -2.19. The maximum Gasteiger partial charge on any atom is 0.340 e. The number of aliphatic carboxylic acids is 1. The lowest BCUT2D eigenvalue weighted by atomic mass is 9.96. The molecule has 0 saturated heterocycles. The van der Waals surface area contributed by atoms with E-state index >= 15 is 0 Å². The summed E-state index contributed by atoms with van der Waals surface area (Å²) in [6.07, 6.45) is 0.980. The van der Waals surface area contributed by atoms with Crippen LogP contribution in [0.3, 0.4) is 0 Å². The average Bonchev–Trinajstić information content (AvgIpc) is 2.68. The van der Waals surface area contributed by atoms with Gasteiger partial charge < -0.3 is 14.3 Å². The fourth-order valence-electron chi connectivity index (χ4n) is 3.19. The summed E-state index contributed by atoms with van der Waals surface area (Å²) in [6, 6.07) is 6.65. The maximum absolute atomic E-state index is 13.0. The van der Waals surface area contributed by atoms with Crippen LogP contribution in [-0.4, -0.2) is 28.6 Å². The second-order valence-corrected chi connectivity index (χ2v) is 6.41. The van der Waals surface area contributed by atoms with Gasteiger partial charge in [0.1, 0.15) is 5.58 Å². The van der Waals surface area contributed by atoms with E-state index in [0.717, 1.165) is 12.0 Å². The molecule has 1 unspecified atom stereocenters. The van der Waals surface area contributed by atoms with E-state index in [9.17, 15) is 19.5 Å². The number of pyridine rings is 1. The summed E-state index contributed by atoms with van der Waals surface area (Å²) in [7, 11) is 0. The molecule has 0 aliphatic heterocycles. The van der Waals surface area contributed by atoms with Gasteiger partial charge in [0.2, 0.25) is 11.1 Å². The molecule has 0 fully saturated rings. The fraction of sp³-hybridized carbons (Fsp3) is 0.333. The molecule has 0 aliphatic carbocycles. The van der Waals surface area contributed by atoms with E-state index in [4.69, 9.17) is 9.15 Å². The van der Waals surface area contributed by atoms with Crippen molar-refractivity contribution in [2.45, 2.75) is 39.5 Å². The first-order valence-corrected chi connectivity index (χ1v) is 9.21. The zero-order chi connectivity index (χ0) is 20.4. The van der Waals surface area contributed by atoms with Crippen LogP contribution in [0.25, 0.3) is 22.1 Å². The minimum atomic E-state index is -1.12. The van der Waals surface area contributed by atoms with E-state index in [2.05, 4.69) is 4.98 Å². The Morgan fingerprint density at radius 3 is 2.54 bits per heavy atom. The highest BCUT2D eigenvalue weighted by Crippen LogP contribution is 2.27. The van der Waals surface area contributed by atoms with E-state index in [0.29, 0.717) is 11.0 Å². The summed E-state index contributed by atoms with van der Waals surface area (Å²) in [6.45, 7) is 5.43. The number of nitrogens with zero attached hydrogens (tertiary/aromatic N) is 1. The second kappa shape index (κ2) is 7.80. The highest BCUT2D eigenvalue weighted by molar-refractivity contribution is 5.98. The molecule has 0 radical (unpaired) electrons. The Morgan fingerprint density at radius 1 is 1.18 bits per heavy atom. The minimum Gasteiger partial charge on any atom is -0.481 e. The second-order valence-electron chi connectivity index (χ2n) is 6.41. The minimum absolute atomic E-state index is 0.00416. The van der Waals surface area contributed by atoms with Crippen LogP contribution in [-0.2, 0) is 16.0 Å². The number of esters is 1. The van der Waals surface area contributed by atoms with Gasteiger partial charge in [-0.1, -0.05) is 19.9 Å². The zero-order valence-corrected chi connectivity index (χ0v) is 15.9. The van der Waals surface area contributed by atoms with Crippen molar-refractivity contribution >= 4 is 34.0 Å². The summed E-state index contributed by atoms with van der Waals surface area (Å²) in [5.74, 6) is -2.85. The molecule has 28 heavy (non-hydrogen) atoms. The van der Waals surface area contributed by atoms with Crippen LogP contribution < -0.4 is 5.43 Å². The summed E-state index contributed by atoms with van der Waals surface area (Å²) >= 11 is 0. The predicted octanol–water partition coefficient (Wildman–Crippen LogP) is 3.66. The number of carbonyl (C=O) groups is 2. The van der Waals surface area contributed by atoms with Gasteiger partial charge in [0.15, 0.2) is 0 Å². The van der Waals surface area contributed by atoms with E-state index in [1.165, 1.54) is 6.07 Å². The molecule has 1 atom stereocenters. The van der Waals surface area contributed by atoms with Gasteiger partial charge >= 0.3 is 11.9 Å². The number of benzene rings is 1. The number of rotatable bonds is 6. The summed E-state index contributed by atoms with van der Waals surface area (Å²) in [4.78, 5) is 41.4. The average molecular weight is 383 g/mol. The number of carboxylic acids is 1. The third kappa shape index (κ3) is 3.35. The lowest BCUT2D eigenvalue weighted by Gasteiger charge is -2.14. The lowest BCUT2D eigenvalue weighted by molar-refractivity contribution is -0.138. The molecule has 0 amide bonds. The van der Waals surface area contributed by atoms with Crippen molar-refractivity contribution in [1.29, 1.82) is 0 Å². The Labute approximate surface area is 160 Å². The number of carboxylic acid groups (broad SMARTS) is 1. The van der Waals surface area contributed by atoms with Crippen molar-refractivity contribution in [1.82, 2.24) is 4.98 Å².